The van der Waals surface area contributed by atoms with Crippen molar-refractivity contribution in [1.82, 2.24) is 4.90 Å². The average Bonchev–Trinajstić information content (AvgIpc) is 3.08. The van der Waals surface area contributed by atoms with Crippen LogP contribution in [0.5, 0.6) is 11.5 Å². The number of hydrogen-bond acceptors (Lipinski definition) is 5. The van der Waals surface area contributed by atoms with E-state index in [1.807, 2.05) is 0 Å². The molecule has 3 aromatic carbocycles. The van der Waals surface area contributed by atoms with Crippen LogP contribution in [0.25, 0.3) is 0 Å². The second-order valence-electron chi connectivity index (χ2n) is 7.91. The highest BCUT2D eigenvalue weighted by Gasteiger charge is 2.46. The first-order valence-electron chi connectivity index (χ1n) is 10.9. The molecule has 4 amide bonds. The summed E-state index contributed by atoms with van der Waals surface area (Å²) in [6.07, 6.45) is -0.271. The van der Waals surface area contributed by atoms with Crippen LogP contribution in [-0.4, -0.2) is 43.0 Å². The largest absolute Gasteiger partial charge is 0.497 e. The Bertz CT molecular complexity index is 1250. The number of anilines is 2. The Balaban J connectivity index is 1.60. The van der Waals surface area contributed by atoms with E-state index in [4.69, 9.17) is 9.47 Å². The summed E-state index contributed by atoms with van der Waals surface area (Å²) < 4.78 is 24.1. The quantitative estimate of drug-likeness (QED) is 0.491. The molecule has 1 atom stereocenters. The lowest BCUT2D eigenvalue weighted by atomic mass is 10.1. The molecule has 0 unspecified atom stereocenters. The van der Waals surface area contributed by atoms with E-state index in [0.717, 1.165) is 4.90 Å². The second kappa shape index (κ2) is 10.3. The van der Waals surface area contributed by atoms with Gasteiger partial charge in [-0.2, -0.15) is 0 Å². The third-order valence-electron chi connectivity index (χ3n) is 5.62. The van der Waals surface area contributed by atoms with E-state index >= 15 is 0 Å². The number of nitrogens with one attached hydrogen (secondary N) is 1. The molecular formula is C26H24FN3O5. The molecule has 0 aliphatic carbocycles. The molecule has 1 N–H and O–H groups in total. The van der Waals surface area contributed by atoms with Crippen molar-refractivity contribution in [3.05, 3.63) is 84.2 Å². The maximum atomic E-state index is 13.8. The Labute approximate surface area is 201 Å². The molecule has 8 nitrogen and oxygen atoms in total. The van der Waals surface area contributed by atoms with Gasteiger partial charge >= 0.3 is 6.03 Å². The SMILES string of the molecule is COc1ccc(NC(=O)C[C@H]2C(=O)N(c3cccc(OC)c3)C(=O)N2Cc2cccc(F)c2)cc1. The van der Waals surface area contributed by atoms with Gasteiger partial charge in [-0.1, -0.05) is 18.2 Å². The van der Waals surface area contributed by atoms with Crippen molar-refractivity contribution < 1.29 is 28.2 Å². The van der Waals surface area contributed by atoms with E-state index in [-0.39, 0.29) is 13.0 Å². The molecule has 1 aliphatic rings. The Morgan fingerprint density at radius 3 is 2.34 bits per heavy atom. The Morgan fingerprint density at radius 1 is 0.943 bits per heavy atom. The molecule has 0 bridgehead atoms. The van der Waals surface area contributed by atoms with Gasteiger partial charge in [0.15, 0.2) is 0 Å². The molecule has 9 heteroatoms. The van der Waals surface area contributed by atoms with Gasteiger partial charge in [0.1, 0.15) is 23.4 Å². The molecule has 0 saturated carbocycles. The zero-order chi connectivity index (χ0) is 24.9. The predicted octanol–water partition coefficient (Wildman–Crippen LogP) is 4.21. The van der Waals surface area contributed by atoms with Crippen molar-refractivity contribution >= 4 is 29.2 Å². The summed E-state index contributed by atoms with van der Waals surface area (Å²) in [4.78, 5) is 41.9. The third-order valence-corrected chi connectivity index (χ3v) is 5.62. The number of methoxy groups -OCH3 is 2. The van der Waals surface area contributed by atoms with Gasteiger partial charge in [-0.05, 0) is 54.1 Å². The standard InChI is InChI=1S/C26H24FN3O5/c1-34-21-11-9-19(10-12-21)28-24(31)15-23-25(32)30(20-7-4-8-22(14-20)35-2)26(33)29(23)16-17-5-3-6-18(27)13-17/h3-14,23H,15-16H2,1-2H3,(H,28,31)/t23-/m0/s1. The van der Waals surface area contributed by atoms with Crippen LogP contribution < -0.4 is 19.7 Å². The van der Waals surface area contributed by atoms with Gasteiger partial charge in [0.2, 0.25) is 5.91 Å². The van der Waals surface area contributed by atoms with Crippen LogP contribution in [0.4, 0.5) is 20.6 Å². The summed E-state index contributed by atoms with van der Waals surface area (Å²) in [7, 11) is 3.02. The number of carbonyl (C=O) groups is 3. The lowest BCUT2D eigenvalue weighted by Crippen LogP contribution is -2.37. The number of urea groups is 1. The minimum atomic E-state index is -1.07. The highest BCUT2D eigenvalue weighted by atomic mass is 19.1. The third kappa shape index (κ3) is 5.24. The molecule has 0 radical (unpaired) electrons. The van der Waals surface area contributed by atoms with Crippen LogP contribution in [0, 0.1) is 5.82 Å². The maximum Gasteiger partial charge on any atom is 0.332 e. The second-order valence-corrected chi connectivity index (χ2v) is 7.91. The van der Waals surface area contributed by atoms with Crippen LogP contribution in [0.15, 0.2) is 72.8 Å². The van der Waals surface area contributed by atoms with Gasteiger partial charge in [0, 0.05) is 18.3 Å². The number of hydrogen-bond donors (Lipinski definition) is 1. The number of amides is 4. The normalized spacial score (nSPS) is 15.3. The molecule has 35 heavy (non-hydrogen) atoms. The molecule has 180 valence electrons. The van der Waals surface area contributed by atoms with E-state index in [2.05, 4.69) is 5.32 Å². The minimum Gasteiger partial charge on any atom is -0.497 e. The van der Waals surface area contributed by atoms with E-state index in [0.29, 0.717) is 28.4 Å². The van der Waals surface area contributed by atoms with Crippen molar-refractivity contribution in [1.29, 1.82) is 0 Å². The fourth-order valence-electron chi connectivity index (χ4n) is 3.89. The van der Waals surface area contributed by atoms with E-state index < -0.39 is 29.7 Å². The molecule has 0 aromatic heterocycles. The number of benzene rings is 3. The van der Waals surface area contributed by atoms with Crippen molar-refractivity contribution in [2.45, 2.75) is 19.0 Å². The Morgan fingerprint density at radius 2 is 1.66 bits per heavy atom. The topological polar surface area (TPSA) is 88.2 Å². The first-order valence-corrected chi connectivity index (χ1v) is 10.9. The molecule has 3 aromatic rings. The molecular weight excluding hydrogens is 453 g/mol. The smallest absolute Gasteiger partial charge is 0.332 e. The summed E-state index contributed by atoms with van der Waals surface area (Å²) in [5, 5.41) is 2.74. The molecule has 1 saturated heterocycles. The number of rotatable bonds is 8. The molecule has 4 rings (SSSR count). The summed E-state index contributed by atoms with van der Waals surface area (Å²) >= 11 is 0. The van der Waals surface area contributed by atoms with E-state index in [9.17, 15) is 18.8 Å². The summed E-state index contributed by atoms with van der Waals surface area (Å²) in [5.41, 5.74) is 1.34. The molecule has 1 aliphatic heterocycles. The van der Waals surface area contributed by atoms with Gasteiger partial charge in [0.25, 0.3) is 5.91 Å². The fourth-order valence-corrected chi connectivity index (χ4v) is 3.89. The minimum absolute atomic E-state index is 0.0384. The van der Waals surface area contributed by atoms with Gasteiger partial charge < -0.3 is 19.7 Å². The zero-order valence-electron chi connectivity index (χ0n) is 19.2. The van der Waals surface area contributed by atoms with Crippen LogP contribution in [0.3, 0.4) is 0 Å². The number of carbonyl (C=O) groups excluding carboxylic acids is 3. The highest BCUT2D eigenvalue weighted by Crippen LogP contribution is 2.30. The molecule has 0 spiro atoms. The summed E-state index contributed by atoms with van der Waals surface area (Å²) in [6.45, 7) is -0.0384. The Hall–Kier alpha value is -4.40. The van der Waals surface area contributed by atoms with Crippen LogP contribution in [0.1, 0.15) is 12.0 Å². The first kappa shape index (κ1) is 23.7. The van der Waals surface area contributed by atoms with E-state index in [1.54, 1.807) is 54.6 Å². The van der Waals surface area contributed by atoms with Crippen molar-refractivity contribution in [3.8, 4) is 11.5 Å². The maximum absolute atomic E-state index is 13.8. The van der Waals surface area contributed by atoms with E-state index in [1.165, 1.54) is 37.3 Å². The average molecular weight is 477 g/mol. The first-order chi connectivity index (χ1) is 16.9. The van der Waals surface area contributed by atoms with Crippen molar-refractivity contribution in [2.75, 3.05) is 24.4 Å². The summed E-state index contributed by atoms with van der Waals surface area (Å²) in [6, 6.07) is 17.4. The van der Waals surface area contributed by atoms with Crippen LogP contribution in [0.2, 0.25) is 0 Å². The van der Waals surface area contributed by atoms with Gasteiger partial charge in [0.05, 0.1) is 26.3 Å². The zero-order valence-corrected chi connectivity index (χ0v) is 19.2. The van der Waals surface area contributed by atoms with Crippen molar-refractivity contribution in [3.63, 3.8) is 0 Å². The van der Waals surface area contributed by atoms with Gasteiger partial charge in [-0.3, -0.25) is 9.59 Å². The monoisotopic (exact) mass is 477 g/mol. The lowest BCUT2D eigenvalue weighted by molar-refractivity contribution is -0.124. The number of ether oxygens (including phenoxy) is 2. The fraction of sp³-hybridized carbons (Fsp3) is 0.192. The number of imide groups is 1. The highest BCUT2D eigenvalue weighted by molar-refractivity contribution is 6.22. The van der Waals surface area contributed by atoms with Gasteiger partial charge in [-0.25, -0.2) is 14.1 Å². The predicted molar refractivity (Wildman–Crippen MR) is 128 cm³/mol. The number of nitrogens with zero attached hydrogens (tertiary/aromatic N) is 2. The van der Waals surface area contributed by atoms with Crippen molar-refractivity contribution in [2.24, 2.45) is 0 Å². The van der Waals surface area contributed by atoms with Crippen LogP contribution >= 0.6 is 0 Å². The molecule has 1 fully saturated rings. The summed E-state index contributed by atoms with van der Waals surface area (Å²) in [5.74, 6) is -0.350. The Kier molecular flexibility index (Phi) is 6.96. The lowest BCUT2D eigenvalue weighted by Gasteiger charge is -2.21. The molecule has 1 heterocycles. The number of halogens is 1. The van der Waals surface area contributed by atoms with Crippen LogP contribution in [-0.2, 0) is 16.1 Å². The van der Waals surface area contributed by atoms with Gasteiger partial charge in [-0.15, -0.1) is 0 Å².